The van der Waals surface area contributed by atoms with E-state index in [1.54, 1.807) is 30.6 Å². The van der Waals surface area contributed by atoms with Gasteiger partial charge in [0.1, 0.15) is 11.4 Å². The molecule has 0 spiro atoms. The highest BCUT2D eigenvalue weighted by Gasteiger charge is 2.10. The minimum Gasteiger partial charge on any atom is -0.337 e. The minimum atomic E-state index is -0.169. The number of carbonyl (C=O) groups is 1. The summed E-state index contributed by atoms with van der Waals surface area (Å²) in [6.45, 7) is 0. The summed E-state index contributed by atoms with van der Waals surface area (Å²) in [5.74, 6) is -0.169. The van der Waals surface area contributed by atoms with Gasteiger partial charge in [0.05, 0.1) is 0 Å². The van der Waals surface area contributed by atoms with Gasteiger partial charge in [0.25, 0.3) is 0 Å². The van der Waals surface area contributed by atoms with Crippen LogP contribution in [0.2, 0.25) is 0 Å². The summed E-state index contributed by atoms with van der Waals surface area (Å²) in [7, 11) is 0. The summed E-state index contributed by atoms with van der Waals surface area (Å²) in [4.78, 5) is 21.1. The molecule has 0 atom stereocenters. The molecular weight excluding hydrogens is 198 g/mol. The molecule has 5 heteroatoms. The van der Waals surface area contributed by atoms with E-state index in [2.05, 4.69) is 15.0 Å². The fraction of sp³-hybridized carbons (Fsp3) is 0. The number of ketones is 1. The van der Waals surface area contributed by atoms with E-state index in [1.165, 1.54) is 0 Å². The smallest absolute Gasteiger partial charge is 0.229 e. The van der Waals surface area contributed by atoms with Crippen LogP contribution in [0.1, 0.15) is 16.2 Å². The Morgan fingerprint density at radius 2 is 2.29 bits per heavy atom. The van der Waals surface area contributed by atoms with E-state index in [-0.39, 0.29) is 5.78 Å². The van der Waals surface area contributed by atoms with Crippen molar-refractivity contribution >= 4 is 18.0 Å². The van der Waals surface area contributed by atoms with Gasteiger partial charge in [-0.25, -0.2) is 0 Å². The number of nitrogens with one attached hydrogen (secondary N) is 2. The third-order valence-electron chi connectivity index (χ3n) is 1.74. The van der Waals surface area contributed by atoms with Crippen molar-refractivity contribution in [2.45, 2.75) is 0 Å². The van der Waals surface area contributed by atoms with Crippen LogP contribution < -0.4 is 0 Å². The Hall–Kier alpha value is -1.75. The molecule has 4 nitrogen and oxygen atoms in total. The van der Waals surface area contributed by atoms with Crippen LogP contribution >= 0.6 is 12.2 Å². The number of nitrogens with zero attached hydrogens (tertiary/aromatic N) is 1. The molecule has 0 bridgehead atoms. The van der Waals surface area contributed by atoms with Crippen molar-refractivity contribution in [2.24, 2.45) is 0 Å². The van der Waals surface area contributed by atoms with Crippen molar-refractivity contribution in [3.05, 3.63) is 46.8 Å². The molecule has 14 heavy (non-hydrogen) atoms. The second kappa shape index (κ2) is 3.55. The van der Waals surface area contributed by atoms with Crippen LogP contribution in [0, 0.1) is 4.77 Å². The quantitative estimate of drug-likeness (QED) is 0.579. The van der Waals surface area contributed by atoms with Crippen LogP contribution in [0.15, 0.2) is 30.6 Å². The van der Waals surface area contributed by atoms with Gasteiger partial charge in [-0.05, 0) is 24.4 Å². The molecule has 0 unspecified atom stereocenters. The van der Waals surface area contributed by atoms with Crippen molar-refractivity contribution in [3.8, 4) is 0 Å². The van der Waals surface area contributed by atoms with Crippen LogP contribution in [0.5, 0.6) is 0 Å². The highest BCUT2D eigenvalue weighted by Crippen LogP contribution is 2.03. The predicted octanol–water partition coefficient (Wildman–Crippen LogP) is 1.70. The second-order valence-corrected chi connectivity index (χ2v) is 3.11. The number of hydrogen-bond donors (Lipinski definition) is 2. The van der Waals surface area contributed by atoms with Gasteiger partial charge in [-0.3, -0.25) is 9.78 Å². The monoisotopic (exact) mass is 205 g/mol. The minimum absolute atomic E-state index is 0.169. The van der Waals surface area contributed by atoms with Gasteiger partial charge in [0.2, 0.25) is 5.78 Å². The van der Waals surface area contributed by atoms with E-state index in [1.807, 2.05) is 0 Å². The Labute approximate surface area is 85.0 Å². The number of pyridine rings is 1. The van der Waals surface area contributed by atoms with E-state index in [0.717, 1.165) is 0 Å². The molecule has 0 aliphatic heterocycles. The SMILES string of the molecule is O=C(c1ccccn1)c1c[nH]c(=S)[nH]1. The highest BCUT2D eigenvalue weighted by atomic mass is 32.1. The molecule has 0 aliphatic carbocycles. The van der Waals surface area contributed by atoms with Gasteiger partial charge in [0.15, 0.2) is 4.77 Å². The lowest BCUT2D eigenvalue weighted by Crippen LogP contribution is -2.03. The third-order valence-corrected chi connectivity index (χ3v) is 1.96. The first kappa shape index (κ1) is 8.83. The van der Waals surface area contributed by atoms with E-state index >= 15 is 0 Å². The van der Waals surface area contributed by atoms with Crippen molar-refractivity contribution in [1.29, 1.82) is 0 Å². The summed E-state index contributed by atoms with van der Waals surface area (Å²) in [5.41, 5.74) is 0.825. The molecule has 70 valence electrons. The summed E-state index contributed by atoms with van der Waals surface area (Å²) in [5, 5.41) is 0. The first-order chi connectivity index (χ1) is 6.77. The van der Waals surface area contributed by atoms with Gasteiger partial charge in [0, 0.05) is 12.4 Å². The fourth-order valence-corrected chi connectivity index (χ4v) is 1.26. The molecule has 0 aromatic carbocycles. The van der Waals surface area contributed by atoms with E-state index in [4.69, 9.17) is 12.2 Å². The number of aromatic nitrogens is 3. The molecule has 0 amide bonds. The highest BCUT2D eigenvalue weighted by molar-refractivity contribution is 7.71. The molecule has 2 rings (SSSR count). The van der Waals surface area contributed by atoms with Crippen LogP contribution in [0.3, 0.4) is 0 Å². The lowest BCUT2D eigenvalue weighted by Gasteiger charge is -1.94. The molecule has 2 N–H and O–H groups in total. The van der Waals surface area contributed by atoms with Gasteiger partial charge < -0.3 is 9.97 Å². The van der Waals surface area contributed by atoms with Crippen molar-refractivity contribution in [3.63, 3.8) is 0 Å². The van der Waals surface area contributed by atoms with Crippen molar-refractivity contribution in [1.82, 2.24) is 15.0 Å². The fourth-order valence-electron chi connectivity index (χ4n) is 1.09. The third kappa shape index (κ3) is 1.62. The average Bonchev–Trinajstić information content (AvgIpc) is 2.65. The number of imidazole rings is 1. The van der Waals surface area contributed by atoms with Crippen molar-refractivity contribution in [2.75, 3.05) is 0 Å². The zero-order chi connectivity index (χ0) is 9.97. The van der Waals surface area contributed by atoms with E-state index < -0.39 is 0 Å². The van der Waals surface area contributed by atoms with Gasteiger partial charge in [-0.15, -0.1) is 0 Å². The van der Waals surface area contributed by atoms with Crippen LogP contribution in [0.4, 0.5) is 0 Å². The Morgan fingerprint density at radius 3 is 2.86 bits per heavy atom. The number of aromatic amines is 2. The zero-order valence-corrected chi connectivity index (χ0v) is 7.97. The predicted molar refractivity (Wildman–Crippen MR) is 53.6 cm³/mol. The van der Waals surface area contributed by atoms with Crippen molar-refractivity contribution < 1.29 is 4.79 Å². The molecule has 0 saturated heterocycles. The number of rotatable bonds is 2. The molecule has 0 radical (unpaired) electrons. The lowest BCUT2D eigenvalue weighted by molar-refractivity contribution is 0.103. The van der Waals surface area contributed by atoms with E-state index in [0.29, 0.717) is 16.2 Å². The maximum atomic E-state index is 11.7. The summed E-state index contributed by atoms with van der Waals surface area (Å²) < 4.78 is 0.435. The molecule has 2 aromatic heterocycles. The Bertz CT molecular complexity index is 500. The van der Waals surface area contributed by atoms with Gasteiger partial charge >= 0.3 is 0 Å². The topological polar surface area (TPSA) is 61.5 Å². The number of hydrogen-bond acceptors (Lipinski definition) is 3. The summed E-state index contributed by atoms with van der Waals surface area (Å²) in [6.07, 6.45) is 3.12. The Morgan fingerprint density at radius 1 is 1.43 bits per heavy atom. The Balaban J connectivity index is 2.38. The van der Waals surface area contributed by atoms with E-state index in [9.17, 15) is 4.79 Å². The lowest BCUT2D eigenvalue weighted by atomic mass is 10.2. The van der Waals surface area contributed by atoms with Crippen LogP contribution in [-0.4, -0.2) is 20.7 Å². The second-order valence-electron chi connectivity index (χ2n) is 2.70. The largest absolute Gasteiger partial charge is 0.337 e. The molecule has 0 aliphatic rings. The maximum absolute atomic E-state index is 11.7. The molecular formula is C9H7N3OS. The Kier molecular flexibility index (Phi) is 2.24. The number of H-pyrrole nitrogens is 2. The van der Waals surface area contributed by atoms with Crippen LogP contribution in [-0.2, 0) is 0 Å². The maximum Gasteiger partial charge on any atom is 0.229 e. The molecule has 0 fully saturated rings. The molecule has 2 heterocycles. The molecule has 0 saturated carbocycles. The number of carbonyl (C=O) groups excluding carboxylic acids is 1. The zero-order valence-electron chi connectivity index (χ0n) is 7.15. The summed E-state index contributed by atoms with van der Waals surface area (Å²) >= 11 is 4.82. The van der Waals surface area contributed by atoms with Gasteiger partial charge in [-0.1, -0.05) is 6.07 Å². The first-order valence-corrected chi connectivity index (χ1v) is 4.41. The first-order valence-electron chi connectivity index (χ1n) is 4.01. The summed E-state index contributed by atoms with van der Waals surface area (Å²) in [6, 6.07) is 5.18. The normalized spacial score (nSPS) is 10.0. The average molecular weight is 205 g/mol. The van der Waals surface area contributed by atoms with Crippen LogP contribution in [0.25, 0.3) is 0 Å². The standard InChI is InChI=1S/C9H7N3OS/c13-8(6-3-1-2-4-10-6)7-5-11-9(14)12-7/h1-5H,(H2,11,12,14). The molecule has 2 aromatic rings. The van der Waals surface area contributed by atoms with Gasteiger partial charge in [-0.2, -0.15) is 0 Å².